The second-order valence-corrected chi connectivity index (χ2v) is 10.2. The van der Waals surface area contributed by atoms with E-state index < -0.39 is 9.84 Å². The van der Waals surface area contributed by atoms with Crippen molar-refractivity contribution in [3.8, 4) is 5.75 Å². The van der Waals surface area contributed by atoms with Gasteiger partial charge in [0.15, 0.2) is 0 Å². The van der Waals surface area contributed by atoms with Crippen LogP contribution >= 0.6 is 11.3 Å². The quantitative estimate of drug-likeness (QED) is 0.605. The number of thiophene rings is 1. The molecule has 0 N–H and O–H groups in total. The Morgan fingerprint density at radius 1 is 0.900 bits per heavy atom. The van der Waals surface area contributed by atoms with Crippen LogP contribution < -0.4 is 9.64 Å². The van der Waals surface area contributed by atoms with Gasteiger partial charge in [0.25, 0.3) is 5.91 Å². The predicted octanol–water partition coefficient (Wildman–Crippen LogP) is 3.55. The molecule has 1 fully saturated rings. The van der Waals surface area contributed by atoms with Gasteiger partial charge in [0.1, 0.15) is 9.96 Å². The Morgan fingerprint density at radius 3 is 2.20 bits per heavy atom. The Labute approximate surface area is 180 Å². The largest absolute Gasteiger partial charge is 0.497 e. The lowest BCUT2D eigenvalue weighted by Gasteiger charge is -2.36. The molecule has 1 aliphatic heterocycles. The minimum atomic E-state index is -3.60. The second-order valence-electron chi connectivity index (χ2n) is 6.91. The number of amides is 1. The zero-order valence-electron chi connectivity index (χ0n) is 16.5. The van der Waals surface area contributed by atoms with E-state index in [1.54, 1.807) is 48.4 Å². The van der Waals surface area contributed by atoms with Crippen molar-refractivity contribution in [2.75, 3.05) is 38.2 Å². The minimum absolute atomic E-state index is 0.121. The molecule has 1 aromatic heterocycles. The summed E-state index contributed by atoms with van der Waals surface area (Å²) in [7, 11) is -1.96. The maximum atomic E-state index is 12.9. The van der Waals surface area contributed by atoms with Gasteiger partial charge in [-0.15, -0.1) is 11.3 Å². The first-order valence-corrected chi connectivity index (χ1v) is 11.9. The smallest absolute Gasteiger partial charge is 0.264 e. The molecule has 1 amide bonds. The molecule has 0 aliphatic carbocycles. The highest BCUT2D eigenvalue weighted by molar-refractivity contribution is 7.93. The van der Waals surface area contributed by atoms with Gasteiger partial charge in [0.05, 0.1) is 16.9 Å². The molecule has 6 nitrogen and oxygen atoms in total. The molecule has 156 valence electrons. The van der Waals surface area contributed by atoms with Gasteiger partial charge in [-0.3, -0.25) is 4.79 Å². The first-order chi connectivity index (χ1) is 14.5. The van der Waals surface area contributed by atoms with E-state index in [1.807, 2.05) is 24.3 Å². The lowest BCUT2D eigenvalue weighted by atomic mass is 10.2. The van der Waals surface area contributed by atoms with Crippen LogP contribution in [-0.2, 0) is 9.84 Å². The van der Waals surface area contributed by atoms with Gasteiger partial charge in [-0.2, -0.15) is 0 Å². The van der Waals surface area contributed by atoms with E-state index in [4.69, 9.17) is 4.74 Å². The van der Waals surface area contributed by atoms with E-state index in [-0.39, 0.29) is 15.0 Å². The molecule has 4 rings (SSSR count). The fourth-order valence-corrected chi connectivity index (χ4v) is 6.11. The molecule has 2 heterocycles. The van der Waals surface area contributed by atoms with Crippen LogP contribution in [0.2, 0.25) is 0 Å². The van der Waals surface area contributed by atoms with Gasteiger partial charge >= 0.3 is 0 Å². The van der Waals surface area contributed by atoms with Crippen molar-refractivity contribution in [1.29, 1.82) is 0 Å². The lowest BCUT2D eigenvalue weighted by molar-refractivity contribution is 0.0751. The van der Waals surface area contributed by atoms with Crippen molar-refractivity contribution >= 4 is 32.8 Å². The molecule has 0 atom stereocenters. The number of ether oxygens (including phenoxy) is 1. The van der Waals surface area contributed by atoms with Crippen molar-refractivity contribution in [3.63, 3.8) is 0 Å². The lowest BCUT2D eigenvalue weighted by Crippen LogP contribution is -2.48. The summed E-state index contributed by atoms with van der Waals surface area (Å²) in [6.45, 7) is 2.62. The number of hydrogen-bond donors (Lipinski definition) is 0. The van der Waals surface area contributed by atoms with E-state index in [9.17, 15) is 13.2 Å². The number of sulfone groups is 1. The molecule has 0 unspecified atom stereocenters. The average Bonchev–Trinajstić information content (AvgIpc) is 3.31. The molecule has 1 saturated heterocycles. The Balaban J connectivity index is 1.42. The summed E-state index contributed by atoms with van der Waals surface area (Å²) in [6, 6.07) is 19.3. The summed E-state index contributed by atoms with van der Waals surface area (Å²) in [6.07, 6.45) is 0. The maximum absolute atomic E-state index is 12.9. The van der Waals surface area contributed by atoms with Gasteiger partial charge in [0.2, 0.25) is 9.84 Å². The normalized spacial score (nSPS) is 14.6. The van der Waals surface area contributed by atoms with Crippen LogP contribution in [0.3, 0.4) is 0 Å². The number of rotatable bonds is 5. The molecular weight excluding hydrogens is 420 g/mol. The summed E-state index contributed by atoms with van der Waals surface area (Å²) in [5.74, 6) is 0.690. The third-order valence-corrected chi connectivity index (χ3v) is 8.45. The number of carbonyl (C=O) groups is 1. The Kier molecular flexibility index (Phi) is 5.78. The van der Waals surface area contributed by atoms with Crippen LogP contribution in [0.1, 0.15) is 9.67 Å². The molecule has 3 aromatic rings. The number of benzene rings is 2. The standard InChI is InChI=1S/C22H22N2O4S2/c1-28-18-9-7-17(8-10-18)23-13-15-24(16-14-23)22(25)20-11-12-21(29-20)30(26,27)19-5-3-2-4-6-19/h2-12H,13-16H2,1H3. The third kappa shape index (κ3) is 4.06. The zero-order chi connectivity index (χ0) is 21.1. The summed E-state index contributed by atoms with van der Waals surface area (Å²) in [5, 5.41) is 0. The first-order valence-electron chi connectivity index (χ1n) is 9.57. The molecule has 2 aromatic carbocycles. The minimum Gasteiger partial charge on any atom is -0.497 e. The van der Waals surface area contributed by atoms with Crippen molar-refractivity contribution in [1.82, 2.24) is 4.90 Å². The molecule has 0 saturated carbocycles. The van der Waals surface area contributed by atoms with E-state index in [0.717, 1.165) is 35.9 Å². The van der Waals surface area contributed by atoms with E-state index in [1.165, 1.54) is 6.07 Å². The number of nitrogens with zero attached hydrogens (tertiary/aromatic N) is 2. The molecule has 0 spiro atoms. The fourth-order valence-electron chi connectivity index (χ4n) is 3.41. The summed E-state index contributed by atoms with van der Waals surface area (Å²) in [4.78, 5) is 17.6. The average molecular weight is 443 g/mol. The SMILES string of the molecule is COc1ccc(N2CCN(C(=O)c3ccc(S(=O)(=O)c4ccccc4)s3)CC2)cc1. The van der Waals surface area contributed by atoms with Crippen LogP contribution in [0.15, 0.2) is 75.8 Å². The van der Waals surface area contributed by atoms with Crippen LogP contribution in [-0.4, -0.2) is 52.5 Å². The maximum Gasteiger partial charge on any atom is 0.264 e. The van der Waals surface area contributed by atoms with Gasteiger partial charge < -0.3 is 14.5 Å². The van der Waals surface area contributed by atoms with E-state index >= 15 is 0 Å². The van der Waals surface area contributed by atoms with Crippen molar-refractivity contribution in [3.05, 3.63) is 71.6 Å². The van der Waals surface area contributed by atoms with Gasteiger partial charge in [-0.25, -0.2) is 8.42 Å². The van der Waals surface area contributed by atoms with Crippen molar-refractivity contribution in [2.45, 2.75) is 9.10 Å². The van der Waals surface area contributed by atoms with Crippen LogP contribution in [0.5, 0.6) is 5.75 Å². The molecule has 30 heavy (non-hydrogen) atoms. The summed E-state index contributed by atoms with van der Waals surface area (Å²) < 4.78 is 30.9. The second kappa shape index (κ2) is 8.49. The molecule has 0 radical (unpaired) electrons. The highest BCUT2D eigenvalue weighted by atomic mass is 32.2. The topological polar surface area (TPSA) is 66.9 Å². The Bertz CT molecular complexity index is 1120. The van der Waals surface area contributed by atoms with Crippen LogP contribution in [0.25, 0.3) is 0 Å². The zero-order valence-corrected chi connectivity index (χ0v) is 18.2. The number of carbonyl (C=O) groups excluding carboxylic acids is 1. The van der Waals surface area contributed by atoms with E-state index in [0.29, 0.717) is 18.0 Å². The van der Waals surface area contributed by atoms with E-state index in [2.05, 4.69) is 4.90 Å². The number of methoxy groups -OCH3 is 1. The third-order valence-electron chi connectivity index (χ3n) is 5.11. The molecular formula is C22H22N2O4S2. The highest BCUT2D eigenvalue weighted by Gasteiger charge is 2.26. The van der Waals surface area contributed by atoms with Gasteiger partial charge in [-0.05, 0) is 48.5 Å². The van der Waals surface area contributed by atoms with Crippen molar-refractivity contribution in [2.24, 2.45) is 0 Å². The molecule has 8 heteroatoms. The van der Waals surface area contributed by atoms with Crippen LogP contribution in [0, 0.1) is 0 Å². The number of piperazine rings is 1. The van der Waals surface area contributed by atoms with Crippen LogP contribution in [0.4, 0.5) is 5.69 Å². The first kappa shape index (κ1) is 20.4. The molecule has 1 aliphatic rings. The summed E-state index contributed by atoms with van der Waals surface area (Å²) in [5.41, 5.74) is 1.09. The Hall–Kier alpha value is -2.84. The Morgan fingerprint density at radius 2 is 1.57 bits per heavy atom. The molecule has 0 bridgehead atoms. The fraction of sp³-hybridized carbons (Fsp3) is 0.227. The van der Waals surface area contributed by atoms with Gasteiger partial charge in [0, 0.05) is 31.9 Å². The number of hydrogen-bond acceptors (Lipinski definition) is 6. The predicted molar refractivity (Wildman–Crippen MR) is 117 cm³/mol. The summed E-state index contributed by atoms with van der Waals surface area (Å²) >= 11 is 1.03. The van der Waals surface area contributed by atoms with Gasteiger partial charge in [-0.1, -0.05) is 18.2 Å². The number of anilines is 1. The monoisotopic (exact) mass is 442 g/mol. The highest BCUT2D eigenvalue weighted by Crippen LogP contribution is 2.29. The van der Waals surface area contributed by atoms with Crippen molar-refractivity contribution < 1.29 is 17.9 Å².